The van der Waals surface area contributed by atoms with Crippen molar-refractivity contribution in [2.75, 3.05) is 78.2 Å². The summed E-state index contributed by atoms with van der Waals surface area (Å²) in [7, 11) is 5.28. The van der Waals surface area contributed by atoms with Gasteiger partial charge < -0.3 is 29.1 Å². The third-order valence-electron chi connectivity index (χ3n) is 12.5. The number of likely N-dealkylation sites (tertiary alicyclic amines) is 2. The van der Waals surface area contributed by atoms with Gasteiger partial charge in [0.05, 0.1) is 24.2 Å². The Morgan fingerprint density at radius 3 is 2.52 bits per heavy atom. The van der Waals surface area contributed by atoms with E-state index in [4.69, 9.17) is 35.7 Å². The van der Waals surface area contributed by atoms with Crippen molar-refractivity contribution in [1.82, 2.24) is 29.5 Å². The lowest BCUT2D eigenvalue weighted by Gasteiger charge is -2.42. The van der Waals surface area contributed by atoms with E-state index in [9.17, 15) is 5.11 Å². The maximum atomic E-state index is 17.8. The zero-order valence-corrected chi connectivity index (χ0v) is 32.4. The Balaban J connectivity index is 1.18. The fourth-order valence-electron chi connectivity index (χ4n) is 9.77. The highest BCUT2D eigenvalue weighted by Crippen LogP contribution is 2.49. The number of rotatable bonds is 13. The number of aromatic nitrogens is 4. The van der Waals surface area contributed by atoms with Crippen LogP contribution in [0.3, 0.4) is 0 Å². The number of hydrogen-bond acceptors (Lipinski definition) is 10. The predicted molar refractivity (Wildman–Crippen MR) is 212 cm³/mol. The predicted octanol–water partition coefficient (Wildman–Crippen LogP) is 6.12. The van der Waals surface area contributed by atoms with E-state index in [0.29, 0.717) is 52.0 Å². The van der Waals surface area contributed by atoms with E-state index in [1.807, 2.05) is 6.20 Å². The minimum Gasteiger partial charge on any atom is -0.508 e. The first-order chi connectivity index (χ1) is 27.2. The first kappa shape index (κ1) is 37.0. The summed E-state index contributed by atoms with van der Waals surface area (Å²) in [6.07, 6.45) is 13.9. The molecule has 56 heavy (non-hydrogen) atoms. The second kappa shape index (κ2) is 14.7. The molecule has 2 aromatic heterocycles. The van der Waals surface area contributed by atoms with Crippen LogP contribution in [0.25, 0.3) is 43.7 Å². The number of fused-ring (bicyclic) bond motifs is 6. The smallest absolute Gasteiger partial charge is 0.319 e. The van der Waals surface area contributed by atoms with Crippen LogP contribution in [0, 0.1) is 35.3 Å². The highest BCUT2D eigenvalue weighted by molar-refractivity contribution is 6.18. The highest BCUT2D eigenvalue weighted by atomic mass is 19.1. The van der Waals surface area contributed by atoms with E-state index in [-0.39, 0.29) is 51.5 Å². The summed E-state index contributed by atoms with van der Waals surface area (Å²) in [4.78, 5) is 17.4. The van der Waals surface area contributed by atoms with Gasteiger partial charge in [-0.25, -0.2) is 8.78 Å². The molecule has 3 aliphatic heterocycles. The molecule has 3 atom stereocenters. The van der Waals surface area contributed by atoms with E-state index >= 15 is 8.78 Å². The number of ether oxygens (including phenoxy) is 3. The topological polar surface area (TPSA) is 101 Å². The van der Waals surface area contributed by atoms with Crippen molar-refractivity contribution in [2.24, 2.45) is 18.4 Å². The molecule has 5 heterocycles. The van der Waals surface area contributed by atoms with Gasteiger partial charge in [0.15, 0.2) is 5.82 Å². The molecule has 4 aliphatic rings. The minimum absolute atomic E-state index is 0.0134. The number of hydrogen-bond donors (Lipinski definition) is 1. The fourth-order valence-corrected chi connectivity index (χ4v) is 9.77. The molecule has 11 nitrogen and oxygen atoms in total. The van der Waals surface area contributed by atoms with Gasteiger partial charge in [-0.15, -0.1) is 6.42 Å². The third kappa shape index (κ3) is 6.60. The maximum absolute atomic E-state index is 17.8. The molecule has 1 N–H and O–H groups in total. The van der Waals surface area contributed by atoms with Crippen LogP contribution in [0.4, 0.5) is 14.6 Å². The fraction of sp³-hybridized carbons (Fsp3) is 0.512. The van der Waals surface area contributed by atoms with Gasteiger partial charge in [-0.1, -0.05) is 12.0 Å². The van der Waals surface area contributed by atoms with E-state index in [1.54, 1.807) is 25.9 Å². The van der Waals surface area contributed by atoms with Crippen molar-refractivity contribution in [3.8, 4) is 35.2 Å². The van der Waals surface area contributed by atoms with Crippen LogP contribution in [0.1, 0.15) is 44.1 Å². The number of halogens is 2. The molecule has 2 bridgehead atoms. The molecule has 1 unspecified atom stereocenters. The van der Waals surface area contributed by atoms with Crippen molar-refractivity contribution in [3.63, 3.8) is 0 Å². The lowest BCUT2D eigenvalue weighted by Crippen LogP contribution is -2.54. The summed E-state index contributed by atoms with van der Waals surface area (Å²) >= 11 is 0. The van der Waals surface area contributed by atoms with Crippen LogP contribution >= 0.6 is 0 Å². The largest absolute Gasteiger partial charge is 0.508 e. The van der Waals surface area contributed by atoms with Crippen LogP contribution in [0.15, 0.2) is 30.5 Å². The Morgan fingerprint density at radius 1 is 0.982 bits per heavy atom. The molecular weight excluding hydrogens is 717 g/mol. The van der Waals surface area contributed by atoms with E-state index in [1.165, 1.54) is 24.3 Å². The number of terminal acetylenes is 1. The number of nitrogens with zero attached hydrogens (tertiary/aromatic N) is 7. The normalized spacial score (nSPS) is 22.1. The second-order valence-electron chi connectivity index (χ2n) is 16.5. The molecule has 5 aromatic rings. The SMILES string of the molecule is C#Cc1c(F)ccc2cc(O)cc(-c3c(F)c4nc(OCC5(CN6CCC(COC)C6)CC5)nc(N5[C@@H]6CC[C@H]5CN(CCCOC)C6)c4c4cn(C)nc34)c12. The van der Waals surface area contributed by atoms with Crippen LogP contribution in [-0.2, 0) is 16.5 Å². The molecule has 3 aromatic carbocycles. The molecule has 0 radical (unpaired) electrons. The summed E-state index contributed by atoms with van der Waals surface area (Å²) in [5, 5.41) is 17.7. The van der Waals surface area contributed by atoms with Crippen molar-refractivity contribution in [1.29, 1.82) is 0 Å². The number of phenols is 1. The molecule has 0 spiro atoms. The van der Waals surface area contributed by atoms with Gasteiger partial charge in [0.1, 0.15) is 28.4 Å². The van der Waals surface area contributed by atoms with Gasteiger partial charge in [0.2, 0.25) is 0 Å². The summed E-state index contributed by atoms with van der Waals surface area (Å²) < 4.78 is 52.1. The molecule has 9 rings (SSSR count). The summed E-state index contributed by atoms with van der Waals surface area (Å²) in [6.45, 7) is 7.55. The number of piperazine rings is 1. The van der Waals surface area contributed by atoms with Gasteiger partial charge in [-0.3, -0.25) is 9.58 Å². The highest BCUT2D eigenvalue weighted by Gasteiger charge is 2.47. The molecular formula is C43H49F2N7O4. The lowest BCUT2D eigenvalue weighted by atomic mass is 9.91. The number of aromatic hydroxyl groups is 1. The zero-order valence-electron chi connectivity index (χ0n) is 32.4. The Bertz CT molecular complexity index is 2340. The quantitative estimate of drug-likeness (QED) is 0.112. The third-order valence-corrected chi connectivity index (χ3v) is 12.5. The second-order valence-corrected chi connectivity index (χ2v) is 16.5. The van der Waals surface area contributed by atoms with Crippen LogP contribution in [-0.4, -0.2) is 120 Å². The summed E-state index contributed by atoms with van der Waals surface area (Å²) in [6, 6.07) is 6.18. The monoisotopic (exact) mass is 765 g/mol. The molecule has 13 heteroatoms. The number of benzene rings is 3. The van der Waals surface area contributed by atoms with Crippen molar-refractivity contribution in [3.05, 3.63) is 47.7 Å². The van der Waals surface area contributed by atoms with Gasteiger partial charge in [-0.2, -0.15) is 15.1 Å². The Hall–Kier alpha value is -4.61. The van der Waals surface area contributed by atoms with Gasteiger partial charge in [-0.05, 0) is 80.1 Å². The number of phenolic OH excluding ortho intramolecular Hbond substituents is 1. The zero-order chi connectivity index (χ0) is 38.7. The summed E-state index contributed by atoms with van der Waals surface area (Å²) in [5.74, 6) is 2.26. The Kier molecular flexibility index (Phi) is 9.72. The molecule has 4 fully saturated rings. The Morgan fingerprint density at radius 2 is 1.79 bits per heavy atom. The van der Waals surface area contributed by atoms with Crippen molar-refractivity contribution >= 4 is 38.4 Å². The molecule has 3 saturated heterocycles. The van der Waals surface area contributed by atoms with Crippen LogP contribution < -0.4 is 9.64 Å². The summed E-state index contributed by atoms with van der Waals surface area (Å²) in [5.41, 5.74) is 0.711. The maximum Gasteiger partial charge on any atom is 0.319 e. The lowest BCUT2D eigenvalue weighted by molar-refractivity contribution is 0.141. The molecule has 1 aliphatic carbocycles. The Labute approximate surface area is 325 Å². The first-order valence-corrected chi connectivity index (χ1v) is 19.8. The number of methoxy groups -OCH3 is 2. The average molecular weight is 766 g/mol. The van der Waals surface area contributed by atoms with Crippen molar-refractivity contribution < 1.29 is 28.1 Å². The number of aryl methyl sites for hydroxylation is 1. The molecule has 1 saturated carbocycles. The molecule has 0 amide bonds. The van der Waals surface area contributed by atoms with Gasteiger partial charge >= 0.3 is 6.01 Å². The van der Waals surface area contributed by atoms with Crippen LogP contribution in [0.2, 0.25) is 0 Å². The van der Waals surface area contributed by atoms with Gasteiger partial charge in [0, 0.05) is 101 Å². The minimum atomic E-state index is -0.660. The van der Waals surface area contributed by atoms with Crippen LogP contribution in [0.5, 0.6) is 11.8 Å². The van der Waals surface area contributed by atoms with E-state index < -0.39 is 11.6 Å². The number of anilines is 1. The standard InChI is InChI=1S/C43H49F2N7O4/c1-5-31-34(44)10-7-27-17-30(53)18-32(35(27)31)36-38(45)40-37(33-22-49(2)48-39(33)36)41(52-28-8-9-29(52)21-50(20-28)14-6-16-54-3)47-42(46-40)56-25-43(12-13-43)24-51-15-11-26(19-51)23-55-4/h1,7,10,17-18,22,26,28-29,53H,6,8-9,11-16,19-21,23-25H2,2-4H3/t26?,28-,29+. The van der Waals surface area contributed by atoms with Gasteiger partial charge in [0.25, 0.3) is 0 Å². The van der Waals surface area contributed by atoms with E-state index in [2.05, 4.69) is 20.6 Å². The van der Waals surface area contributed by atoms with E-state index in [0.717, 1.165) is 84.4 Å². The average Bonchev–Trinajstić information content (AvgIpc) is 3.46. The molecule has 294 valence electrons. The first-order valence-electron chi connectivity index (χ1n) is 19.8. The van der Waals surface area contributed by atoms with Crippen molar-refractivity contribution in [2.45, 2.75) is 50.6 Å².